The van der Waals surface area contributed by atoms with E-state index in [-0.39, 0.29) is 17.9 Å². The van der Waals surface area contributed by atoms with Crippen LogP contribution < -0.4 is 10.9 Å². The van der Waals surface area contributed by atoms with Crippen LogP contribution in [0.5, 0.6) is 0 Å². The first-order valence-electron chi connectivity index (χ1n) is 8.15. The van der Waals surface area contributed by atoms with E-state index >= 15 is 0 Å². The lowest BCUT2D eigenvalue weighted by Crippen LogP contribution is -2.30. The molecule has 0 unspecified atom stereocenters. The molecule has 0 aliphatic rings. The Morgan fingerprint density at radius 1 is 1.28 bits per heavy atom. The molecule has 1 aromatic carbocycles. The monoisotopic (exact) mass is 341 g/mol. The Morgan fingerprint density at radius 3 is 2.84 bits per heavy atom. The van der Waals surface area contributed by atoms with Crippen molar-refractivity contribution in [2.24, 2.45) is 0 Å². The topological polar surface area (TPSA) is 67.2 Å². The van der Waals surface area contributed by atoms with Gasteiger partial charge in [0.25, 0.3) is 5.56 Å². The smallest absolute Gasteiger partial charge is 0.255 e. The maximum absolute atomic E-state index is 13.7. The van der Waals surface area contributed by atoms with Crippen molar-refractivity contribution in [3.8, 4) is 0 Å². The number of aliphatic hydroxyl groups excluding tert-OH is 1. The zero-order valence-corrected chi connectivity index (χ0v) is 13.9. The minimum absolute atomic E-state index is 0.193. The van der Waals surface area contributed by atoms with Gasteiger partial charge in [0.05, 0.1) is 23.9 Å². The molecule has 130 valence electrons. The van der Waals surface area contributed by atoms with Gasteiger partial charge in [-0.15, -0.1) is 0 Å². The lowest BCUT2D eigenvalue weighted by Gasteiger charge is -2.14. The zero-order valence-electron chi connectivity index (χ0n) is 13.9. The van der Waals surface area contributed by atoms with Crippen molar-refractivity contribution in [2.75, 3.05) is 6.54 Å². The van der Waals surface area contributed by atoms with Gasteiger partial charge in [-0.1, -0.05) is 6.07 Å². The summed E-state index contributed by atoms with van der Waals surface area (Å²) < 4.78 is 15.2. The van der Waals surface area contributed by atoms with Crippen LogP contribution in [0, 0.1) is 5.82 Å². The lowest BCUT2D eigenvalue weighted by atomic mass is 10.1. The molecule has 25 heavy (non-hydrogen) atoms. The van der Waals surface area contributed by atoms with Crippen molar-refractivity contribution in [2.45, 2.75) is 26.1 Å². The SMILES string of the molecule is C[C@H](O)CNCc1cc2ccc(F)cc2n(Cc2ccccn2)c1=O. The van der Waals surface area contributed by atoms with E-state index in [2.05, 4.69) is 10.3 Å². The molecule has 0 fully saturated rings. The fourth-order valence-electron chi connectivity index (χ4n) is 2.76. The fraction of sp³-hybridized carbons (Fsp3) is 0.263. The van der Waals surface area contributed by atoms with Crippen molar-refractivity contribution in [3.05, 3.63) is 76.1 Å². The summed E-state index contributed by atoms with van der Waals surface area (Å²) in [7, 11) is 0. The molecule has 0 spiro atoms. The van der Waals surface area contributed by atoms with E-state index in [1.54, 1.807) is 35.9 Å². The number of nitrogens with one attached hydrogen (secondary N) is 1. The van der Waals surface area contributed by atoms with Gasteiger partial charge in [0.2, 0.25) is 0 Å². The van der Waals surface area contributed by atoms with Crippen LogP contribution in [-0.4, -0.2) is 27.3 Å². The summed E-state index contributed by atoms with van der Waals surface area (Å²) in [5, 5.41) is 13.2. The van der Waals surface area contributed by atoms with Gasteiger partial charge in [-0.3, -0.25) is 9.78 Å². The molecule has 2 N–H and O–H groups in total. The molecule has 2 aromatic heterocycles. The average Bonchev–Trinajstić information content (AvgIpc) is 2.59. The van der Waals surface area contributed by atoms with Crippen LogP contribution in [0.4, 0.5) is 4.39 Å². The number of aliphatic hydroxyl groups is 1. The summed E-state index contributed by atoms with van der Waals surface area (Å²) in [4.78, 5) is 17.1. The summed E-state index contributed by atoms with van der Waals surface area (Å²) >= 11 is 0. The molecule has 2 heterocycles. The van der Waals surface area contributed by atoms with Crippen LogP contribution in [0.1, 0.15) is 18.2 Å². The van der Waals surface area contributed by atoms with E-state index in [1.165, 1.54) is 12.1 Å². The largest absolute Gasteiger partial charge is 0.392 e. The molecule has 0 aliphatic heterocycles. The maximum atomic E-state index is 13.7. The quantitative estimate of drug-likeness (QED) is 0.720. The standard InChI is InChI=1S/C19H20FN3O2/c1-13(24)10-21-11-15-8-14-5-6-16(20)9-18(14)23(19(15)25)12-17-4-2-3-7-22-17/h2-9,13,21,24H,10-12H2,1H3/t13-/m0/s1. The summed E-state index contributed by atoms with van der Waals surface area (Å²) in [6.45, 7) is 2.67. The second-order valence-electron chi connectivity index (χ2n) is 6.07. The molecule has 0 saturated heterocycles. The molecule has 0 radical (unpaired) electrons. The first kappa shape index (κ1) is 17.3. The van der Waals surface area contributed by atoms with Crippen molar-refractivity contribution in [1.29, 1.82) is 0 Å². The lowest BCUT2D eigenvalue weighted by molar-refractivity contribution is 0.191. The van der Waals surface area contributed by atoms with Gasteiger partial charge in [-0.25, -0.2) is 4.39 Å². The molecule has 0 saturated carbocycles. The Morgan fingerprint density at radius 2 is 2.12 bits per heavy atom. The van der Waals surface area contributed by atoms with E-state index in [0.29, 0.717) is 24.2 Å². The number of hydrogen-bond donors (Lipinski definition) is 2. The molecule has 0 bridgehead atoms. The van der Waals surface area contributed by atoms with Crippen LogP contribution in [0.25, 0.3) is 10.9 Å². The van der Waals surface area contributed by atoms with Gasteiger partial charge in [-0.2, -0.15) is 0 Å². The van der Waals surface area contributed by atoms with Gasteiger partial charge < -0.3 is 15.0 Å². The molecular weight excluding hydrogens is 321 g/mol. The number of pyridine rings is 2. The van der Waals surface area contributed by atoms with Crippen LogP contribution in [0.15, 0.2) is 53.5 Å². The summed E-state index contributed by atoms with van der Waals surface area (Å²) in [5.41, 5.74) is 1.64. The Hall–Kier alpha value is -2.57. The highest BCUT2D eigenvalue weighted by atomic mass is 19.1. The third kappa shape index (κ3) is 4.10. The van der Waals surface area contributed by atoms with Gasteiger partial charge in [-0.05, 0) is 48.7 Å². The minimum Gasteiger partial charge on any atom is -0.392 e. The van der Waals surface area contributed by atoms with Crippen LogP contribution in [0.2, 0.25) is 0 Å². The Kier molecular flexibility index (Phi) is 5.21. The minimum atomic E-state index is -0.495. The predicted molar refractivity (Wildman–Crippen MR) is 94.9 cm³/mol. The van der Waals surface area contributed by atoms with Gasteiger partial charge in [0, 0.05) is 24.8 Å². The Bertz CT molecular complexity index is 923. The van der Waals surface area contributed by atoms with Crippen molar-refractivity contribution < 1.29 is 9.50 Å². The highest BCUT2D eigenvalue weighted by molar-refractivity contribution is 5.79. The van der Waals surface area contributed by atoms with E-state index < -0.39 is 6.10 Å². The Balaban J connectivity index is 2.05. The number of nitrogens with zero attached hydrogens (tertiary/aromatic N) is 2. The third-order valence-corrected chi connectivity index (χ3v) is 3.93. The highest BCUT2D eigenvalue weighted by Crippen LogP contribution is 2.16. The van der Waals surface area contributed by atoms with E-state index in [4.69, 9.17) is 0 Å². The number of hydrogen-bond acceptors (Lipinski definition) is 4. The van der Waals surface area contributed by atoms with Crippen molar-refractivity contribution in [3.63, 3.8) is 0 Å². The molecule has 1 atom stereocenters. The normalized spacial score (nSPS) is 12.4. The number of benzene rings is 1. The fourth-order valence-corrected chi connectivity index (χ4v) is 2.76. The predicted octanol–water partition coefficient (Wildman–Crippen LogP) is 2.05. The molecule has 6 heteroatoms. The van der Waals surface area contributed by atoms with Gasteiger partial charge >= 0.3 is 0 Å². The second kappa shape index (κ2) is 7.55. The van der Waals surface area contributed by atoms with Crippen LogP contribution >= 0.6 is 0 Å². The first-order chi connectivity index (χ1) is 12.0. The average molecular weight is 341 g/mol. The zero-order chi connectivity index (χ0) is 17.8. The Labute approximate surface area is 144 Å². The molecular formula is C19H20FN3O2. The van der Waals surface area contributed by atoms with E-state index in [0.717, 1.165) is 11.1 Å². The molecule has 0 amide bonds. The number of halogens is 1. The summed E-state index contributed by atoms with van der Waals surface area (Å²) in [6, 6.07) is 11.7. The van der Waals surface area contributed by atoms with E-state index in [1.807, 2.05) is 12.1 Å². The van der Waals surface area contributed by atoms with Gasteiger partial charge in [0.15, 0.2) is 0 Å². The third-order valence-electron chi connectivity index (χ3n) is 3.93. The summed E-state index contributed by atoms with van der Waals surface area (Å²) in [5.74, 6) is -0.387. The van der Waals surface area contributed by atoms with Crippen molar-refractivity contribution in [1.82, 2.24) is 14.9 Å². The van der Waals surface area contributed by atoms with Crippen LogP contribution in [-0.2, 0) is 13.1 Å². The molecule has 3 aromatic rings. The molecule has 5 nitrogen and oxygen atoms in total. The van der Waals surface area contributed by atoms with E-state index in [9.17, 15) is 14.3 Å². The molecule has 0 aliphatic carbocycles. The molecule has 3 rings (SSSR count). The number of aromatic nitrogens is 2. The van der Waals surface area contributed by atoms with Gasteiger partial charge in [0.1, 0.15) is 5.82 Å². The number of rotatable bonds is 6. The number of fused-ring (bicyclic) bond motifs is 1. The highest BCUT2D eigenvalue weighted by Gasteiger charge is 2.11. The summed E-state index contributed by atoms with van der Waals surface area (Å²) in [6.07, 6.45) is 1.17. The first-order valence-corrected chi connectivity index (χ1v) is 8.15. The van der Waals surface area contributed by atoms with Crippen LogP contribution in [0.3, 0.4) is 0 Å². The second-order valence-corrected chi connectivity index (χ2v) is 6.07. The maximum Gasteiger partial charge on any atom is 0.255 e. The van der Waals surface area contributed by atoms with Crippen molar-refractivity contribution >= 4 is 10.9 Å².